The molecule has 0 unspecified atom stereocenters. The molecular weight excluding hydrogens is 350 g/mol. The van der Waals surface area contributed by atoms with E-state index in [1.165, 1.54) is 19.3 Å². The van der Waals surface area contributed by atoms with Crippen molar-refractivity contribution in [2.24, 2.45) is 23.2 Å². The minimum atomic E-state index is -0.296. The summed E-state index contributed by atoms with van der Waals surface area (Å²) in [5.41, 5.74) is 1.44. The summed E-state index contributed by atoms with van der Waals surface area (Å²) in [7, 11) is 0. The highest BCUT2D eigenvalue weighted by Gasteiger charge is 2.54. The number of hydrogen-bond donors (Lipinski definition) is 1. The number of ether oxygens (including phenoxy) is 1. The number of nitrogens with one attached hydrogen (secondary N) is 1. The maximum atomic E-state index is 13.1. The standard InChI is InChI=1S/C24H31NO3/c1-2-28-22(26)21(13-17-6-4-3-5-7-17)8-9-25-23(27)24-14-18-10-19(15-24)12-20(11-18)16-24/h3-7,13,18-20H,2,8-12,14-16H2,1H3,(H,25,27)/b21-13-. The second-order valence-corrected chi connectivity index (χ2v) is 9.00. The van der Waals surface area contributed by atoms with Gasteiger partial charge in [0.2, 0.25) is 5.91 Å². The van der Waals surface area contributed by atoms with Crippen LogP contribution >= 0.6 is 0 Å². The highest BCUT2D eigenvalue weighted by atomic mass is 16.5. The van der Waals surface area contributed by atoms with Gasteiger partial charge in [-0.3, -0.25) is 4.79 Å². The molecule has 4 saturated carbocycles. The Kier molecular flexibility index (Phi) is 5.56. The third kappa shape index (κ3) is 4.01. The molecular formula is C24H31NO3. The molecule has 4 aliphatic carbocycles. The van der Waals surface area contributed by atoms with Gasteiger partial charge in [0.05, 0.1) is 6.61 Å². The zero-order chi connectivity index (χ0) is 19.6. The van der Waals surface area contributed by atoms with Gasteiger partial charge in [-0.2, -0.15) is 0 Å². The second kappa shape index (κ2) is 8.10. The largest absolute Gasteiger partial charge is 0.463 e. The molecule has 4 heteroatoms. The number of hydrogen-bond acceptors (Lipinski definition) is 3. The smallest absolute Gasteiger partial charge is 0.334 e. The first kappa shape index (κ1) is 19.2. The van der Waals surface area contributed by atoms with Crippen LogP contribution in [0.5, 0.6) is 0 Å². The lowest BCUT2D eigenvalue weighted by molar-refractivity contribution is -0.146. The first-order valence-corrected chi connectivity index (χ1v) is 10.8. The minimum absolute atomic E-state index is 0.137. The number of amides is 1. The molecule has 0 atom stereocenters. The van der Waals surface area contributed by atoms with Gasteiger partial charge in [0.15, 0.2) is 0 Å². The van der Waals surface area contributed by atoms with Crippen LogP contribution in [0.25, 0.3) is 6.08 Å². The van der Waals surface area contributed by atoms with Gasteiger partial charge in [-0.25, -0.2) is 4.79 Å². The summed E-state index contributed by atoms with van der Waals surface area (Å²) in [5, 5.41) is 3.17. The minimum Gasteiger partial charge on any atom is -0.463 e. The number of rotatable bonds is 7. The summed E-state index contributed by atoms with van der Waals surface area (Å²) < 4.78 is 5.21. The van der Waals surface area contributed by atoms with Crippen LogP contribution in [0, 0.1) is 23.2 Å². The zero-order valence-electron chi connectivity index (χ0n) is 16.8. The molecule has 0 radical (unpaired) electrons. The Balaban J connectivity index is 1.38. The maximum Gasteiger partial charge on any atom is 0.334 e. The fourth-order valence-electron chi connectivity index (χ4n) is 6.09. The fraction of sp³-hybridized carbons (Fsp3) is 0.583. The van der Waals surface area contributed by atoms with Crippen molar-refractivity contribution in [3.63, 3.8) is 0 Å². The molecule has 1 amide bonds. The van der Waals surface area contributed by atoms with E-state index in [0.29, 0.717) is 25.1 Å². The second-order valence-electron chi connectivity index (χ2n) is 9.00. The predicted octanol–water partition coefficient (Wildman–Crippen LogP) is 4.36. The average Bonchev–Trinajstić information content (AvgIpc) is 2.67. The lowest BCUT2D eigenvalue weighted by atomic mass is 9.49. The van der Waals surface area contributed by atoms with Crippen LogP contribution in [0.3, 0.4) is 0 Å². The molecule has 4 fully saturated rings. The van der Waals surface area contributed by atoms with Gasteiger partial charge in [-0.05, 0) is 81.3 Å². The van der Waals surface area contributed by atoms with Crippen molar-refractivity contribution in [1.29, 1.82) is 0 Å². The van der Waals surface area contributed by atoms with Gasteiger partial charge in [-0.15, -0.1) is 0 Å². The zero-order valence-corrected chi connectivity index (χ0v) is 16.8. The quantitative estimate of drug-likeness (QED) is 0.564. The van der Waals surface area contributed by atoms with Crippen LogP contribution in [-0.4, -0.2) is 25.0 Å². The molecule has 4 aliphatic rings. The van der Waals surface area contributed by atoms with Crippen molar-refractivity contribution in [2.45, 2.75) is 51.9 Å². The number of esters is 1. The van der Waals surface area contributed by atoms with Crippen LogP contribution in [0.15, 0.2) is 35.9 Å². The Morgan fingerprint density at radius 1 is 1.07 bits per heavy atom. The van der Waals surface area contributed by atoms with E-state index in [9.17, 15) is 9.59 Å². The Hall–Kier alpha value is -2.10. The lowest BCUT2D eigenvalue weighted by Gasteiger charge is -2.55. The highest BCUT2D eigenvalue weighted by molar-refractivity contribution is 5.93. The van der Waals surface area contributed by atoms with E-state index in [4.69, 9.17) is 4.74 Å². The molecule has 0 aromatic heterocycles. The number of benzene rings is 1. The molecule has 0 heterocycles. The van der Waals surface area contributed by atoms with Crippen molar-refractivity contribution in [3.8, 4) is 0 Å². The van der Waals surface area contributed by atoms with E-state index in [1.54, 1.807) is 0 Å². The molecule has 0 spiro atoms. The maximum absolute atomic E-state index is 13.1. The average molecular weight is 382 g/mol. The van der Waals surface area contributed by atoms with E-state index >= 15 is 0 Å². The first-order valence-electron chi connectivity index (χ1n) is 10.8. The highest BCUT2D eigenvalue weighted by Crippen LogP contribution is 2.60. The van der Waals surface area contributed by atoms with Crippen LogP contribution < -0.4 is 5.32 Å². The van der Waals surface area contributed by atoms with Gasteiger partial charge in [0.1, 0.15) is 0 Å². The predicted molar refractivity (Wildman–Crippen MR) is 109 cm³/mol. The van der Waals surface area contributed by atoms with Crippen molar-refractivity contribution >= 4 is 18.0 Å². The summed E-state index contributed by atoms with van der Waals surface area (Å²) in [6.45, 7) is 2.65. The Labute approximate surface area is 167 Å². The number of carbonyl (C=O) groups is 2. The molecule has 28 heavy (non-hydrogen) atoms. The molecule has 4 nitrogen and oxygen atoms in total. The van der Waals surface area contributed by atoms with E-state index in [0.717, 1.165) is 42.6 Å². The van der Waals surface area contributed by atoms with E-state index < -0.39 is 0 Å². The molecule has 1 aromatic carbocycles. The summed E-state index contributed by atoms with van der Waals surface area (Å²) in [6.07, 6.45) is 9.55. The number of carbonyl (C=O) groups excluding carboxylic acids is 2. The molecule has 5 rings (SSSR count). The summed E-state index contributed by atoms with van der Waals surface area (Å²) in [6, 6.07) is 9.78. The van der Waals surface area contributed by atoms with Crippen LogP contribution in [0.2, 0.25) is 0 Å². The van der Waals surface area contributed by atoms with E-state index in [2.05, 4.69) is 5.32 Å². The van der Waals surface area contributed by atoms with Gasteiger partial charge in [-0.1, -0.05) is 30.3 Å². The van der Waals surface area contributed by atoms with Gasteiger partial charge in [0, 0.05) is 17.5 Å². The van der Waals surface area contributed by atoms with Crippen molar-refractivity contribution in [3.05, 3.63) is 41.5 Å². The van der Waals surface area contributed by atoms with E-state index in [1.807, 2.05) is 43.3 Å². The molecule has 150 valence electrons. The third-order valence-electron chi connectivity index (χ3n) is 6.88. The summed E-state index contributed by atoms with van der Waals surface area (Å²) in [4.78, 5) is 25.4. The molecule has 1 aromatic rings. The topological polar surface area (TPSA) is 55.4 Å². The fourth-order valence-corrected chi connectivity index (χ4v) is 6.09. The molecule has 1 N–H and O–H groups in total. The van der Waals surface area contributed by atoms with Gasteiger partial charge in [0.25, 0.3) is 0 Å². The van der Waals surface area contributed by atoms with Gasteiger partial charge < -0.3 is 10.1 Å². The van der Waals surface area contributed by atoms with Gasteiger partial charge >= 0.3 is 5.97 Å². The van der Waals surface area contributed by atoms with Crippen LogP contribution in [0.4, 0.5) is 0 Å². The van der Waals surface area contributed by atoms with E-state index in [-0.39, 0.29) is 17.3 Å². The summed E-state index contributed by atoms with van der Waals surface area (Å²) >= 11 is 0. The Bertz CT molecular complexity index is 717. The Morgan fingerprint density at radius 2 is 1.68 bits per heavy atom. The lowest BCUT2D eigenvalue weighted by Crippen LogP contribution is -2.53. The van der Waals surface area contributed by atoms with Crippen molar-refractivity contribution in [1.82, 2.24) is 5.32 Å². The molecule has 4 bridgehead atoms. The summed E-state index contributed by atoms with van der Waals surface area (Å²) in [5.74, 6) is 2.19. The SMILES string of the molecule is CCOC(=O)/C(=C\c1ccccc1)CCNC(=O)C12CC3CC(CC(C3)C1)C2. The van der Waals surface area contributed by atoms with Crippen molar-refractivity contribution < 1.29 is 14.3 Å². The van der Waals surface area contributed by atoms with Crippen LogP contribution in [0.1, 0.15) is 57.4 Å². The Morgan fingerprint density at radius 3 is 2.25 bits per heavy atom. The van der Waals surface area contributed by atoms with Crippen LogP contribution in [-0.2, 0) is 14.3 Å². The first-order chi connectivity index (χ1) is 13.6. The third-order valence-corrected chi connectivity index (χ3v) is 6.88. The molecule has 0 aliphatic heterocycles. The normalized spacial score (nSPS) is 30.9. The monoisotopic (exact) mass is 381 g/mol. The van der Waals surface area contributed by atoms with Crippen molar-refractivity contribution in [2.75, 3.05) is 13.2 Å². The molecule has 0 saturated heterocycles.